The van der Waals surface area contributed by atoms with Gasteiger partial charge in [-0.1, -0.05) is 6.07 Å². The molecular weight excluding hydrogens is 356 g/mol. The van der Waals surface area contributed by atoms with Gasteiger partial charge in [0.15, 0.2) is 5.82 Å². The number of ether oxygens (including phenoxy) is 1. The van der Waals surface area contributed by atoms with Crippen molar-refractivity contribution in [1.82, 2.24) is 9.55 Å². The van der Waals surface area contributed by atoms with Crippen LogP contribution in [0.15, 0.2) is 30.6 Å². The van der Waals surface area contributed by atoms with Gasteiger partial charge in [0.1, 0.15) is 11.7 Å². The van der Waals surface area contributed by atoms with E-state index < -0.39 is 5.92 Å². The number of amides is 2. The standard InChI is InChI=1S/C21H26N4O3/c1-13(2)25-12-22-19-18(25)10-17(21(27)24(19)11-14-7-8-14)20(26)23-15-5-4-6-16(9-15)28-3/h4-6,9,12-14,17H,7-8,10-11H2,1-3H3,(H,23,26)/t17-/m1/s1. The summed E-state index contributed by atoms with van der Waals surface area (Å²) in [4.78, 5) is 32.4. The van der Waals surface area contributed by atoms with Gasteiger partial charge in [0, 0.05) is 30.8 Å². The lowest BCUT2D eigenvalue weighted by molar-refractivity contribution is -0.131. The number of hydrogen-bond donors (Lipinski definition) is 1. The molecule has 2 aliphatic rings. The van der Waals surface area contributed by atoms with Gasteiger partial charge in [-0.05, 0) is 44.7 Å². The van der Waals surface area contributed by atoms with Crippen LogP contribution in [0, 0.1) is 11.8 Å². The van der Waals surface area contributed by atoms with E-state index in [9.17, 15) is 9.59 Å². The minimum Gasteiger partial charge on any atom is -0.497 e. The summed E-state index contributed by atoms with van der Waals surface area (Å²) in [6.45, 7) is 4.80. The van der Waals surface area contributed by atoms with Crippen LogP contribution in [0.4, 0.5) is 11.5 Å². The third-order valence-electron chi connectivity index (χ3n) is 5.44. The molecule has 0 bridgehead atoms. The summed E-state index contributed by atoms with van der Waals surface area (Å²) in [5, 5.41) is 2.88. The van der Waals surface area contributed by atoms with Crippen LogP contribution in [-0.2, 0) is 16.0 Å². The van der Waals surface area contributed by atoms with Crippen LogP contribution in [0.2, 0.25) is 0 Å². The molecule has 7 heteroatoms. The second-order valence-electron chi connectivity index (χ2n) is 7.89. The molecule has 1 aromatic heterocycles. The normalized spacial score (nSPS) is 18.9. The summed E-state index contributed by atoms with van der Waals surface area (Å²) in [5.74, 6) is 0.683. The van der Waals surface area contributed by atoms with Crippen molar-refractivity contribution in [1.29, 1.82) is 0 Å². The number of carbonyl (C=O) groups excluding carboxylic acids is 2. The molecule has 0 radical (unpaired) electrons. The minimum absolute atomic E-state index is 0.159. The highest BCUT2D eigenvalue weighted by atomic mass is 16.5. The largest absolute Gasteiger partial charge is 0.497 e. The van der Waals surface area contributed by atoms with Gasteiger partial charge in [-0.25, -0.2) is 4.98 Å². The molecule has 0 unspecified atom stereocenters. The van der Waals surface area contributed by atoms with Crippen molar-refractivity contribution >= 4 is 23.3 Å². The Balaban J connectivity index is 1.61. The summed E-state index contributed by atoms with van der Waals surface area (Å²) < 4.78 is 7.27. The van der Waals surface area contributed by atoms with Crippen LogP contribution in [0.25, 0.3) is 0 Å². The Kier molecular flexibility index (Phi) is 4.83. The maximum atomic E-state index is 13.2. The van der Waals surface area contributed by atoms with E-state index >= 15 is 0 Å². The van der Waals surface area contributed by atoms with E-state index in [2.05, 4.69) is 28.7 Å². The number of anilines is 2. The number of carbonyl (C=O) groups is 2. The zero-order chi connectivity index (χ0) is 19.8. The summed E-state index contributed by atoms with van der Waals surface area (Å²) in [5.41, 5.74) is 1.58. The van der Waals surface area contributed by atoms with Crippen molar-refractivity contribution in [3.8, 4) is 5.75 Å². The Morgan fingerprint density at radius 3 is 2.82 bits per heavy atom. The quantitative estimate of drug-likeness (QED) is 0.779. The molecule has 1 aliphatic heterocycles. The molecule has 1 N–H and O–H groups in total. The van der Waals surface area contributed by atoms with Crippen molar-refractivity contribution in [2.45, 2.75) is 39.2 Å². The minimum atomic E-state index is -0.758. The first-order valence-corrected chi connectivity index (χ1v) is 9.80. The highest BCUT2D eigenvalue weighted by Crippen LogP contribution is 2.37. The SMILES string of the molecule is COc1cccc(NC(=O)[C@H]2Cc3c(ncn3C(C)C)N(CC3CC3)C2=O)c1. The molecule has 2 amide bonds. The maximum absolute atomic E-state index is 13.2. The molecule has 148 valence electrons. The molecule has 0 saturated heterocycles. The summed E-state index contributed by atoms with van der Waals surface area (Å²) >= 11 is 0. The van der Waals surface area contributed by atoms with Crippen LogP contribution in [-0.4, -0.2) is 35.0 Å². The number of hydrogen-bond acceptors (Lipinski definition) is 4. The third-order valence-corrected chi connectivity index (χ3v) is 5.44. The average Bonchev–Trinajstić information content (AvgIpc) is 3.39. The lowest BCUT2D eigenvalue weighted by Crippen LogP contribution is -2.47. The predicted molar refractivity (Wildman–Crippen MR) is 107 cm³/mol. The Hall–Kier alpha value is -2.83. The van der Waals surface area contributed by atoms with Gasteiger partial charge in [-0.15, -0.1) is 0 Å². The number of benzene rings is 1. The van der Waals surface area contributed by atoms with Gasteiger partial charge >= 0.3 is 0 Å². The first kappa shape index (κ1) is 18.5. The van der Waals surface area contributed by atoms with E-state index in [4.69, 9.17) is 4.74 Å². The van der Waals surface area contributed by atoms with Crippen molar-refractivity contribution in [3.05, 3.63) is 36.3 Å². The molecule has 1 fully saturated rings. The fourth-order valence-corrected chi connectivity index (χ4v) is 3.69. The van der Waals surface area contributed by atoms with Gasteiger partial charge in [0.05, 0.1) is 19.1 Å². The summed E-state index contributed by atoms with van der Waals surface area (Å²) in [6, 6.07) is 7.37. The van der Waals surface area contributed by atoms with Gasteiger partial charge in [-0.2, -0.15) is 0 Å². The molecule has 4 rings (SSSR count). The molecular formula is C21H26N4O3. The Morgan fingerprint density at radius 1 is 1.36 bits per heavy atom. The van der Waals surface area contributed by atoms with Crippen LogP contribution in [0.5, 0.6) is 5.75 Å². The highest BCUT2D eigenvalue weighted by molar-refractivity contribution is 6.13. The Bertz CT molecular complexity index is 901. The number of methoxy groups -OCH3 is 1. The van der Waals surface area contributed by atoms with Crippen molar-refractivity contribution in [2.24, 2.45) is 11.8 Å². The molecule has 0 spiro atoms. The van der Waals surface area contributed by atoms with Gasteiger partial charge in [-0.3, -0.25) is 14.5 Å². The van der Waals surface area contributed by atoms with E-state index in [0.717, 1.165) is 24.4 Å². The first-order chi connectivity index (χ1) is 13.5. The van der Waals surface area contributed by atoms with Crippen LogP contribution in [0.3, 0.4) is 0 Å². The lowest BCUT2D eigenvalue weighted by Gasteiger charge is -2.32. The number of nitrogens with one attached hydrogen (secondary N) is 1. The van der Waals surface area contributed by atoms with E-state index in [1.165, 1.54) is 0 Å². The maximum Gasteiger partial charge on any atom is 0.241 e. The second-order valence-corrected chi connectivity index (χ2v) is 7.89. The molecule has 1 aromatic carbocycles. The monoisotopic (exact) mass is 382 g/mol. The van der Waals surface area contributed by atoms with Crippen LogP contribution >= 0.6 is 0 Å². The smallest absolute Gasteiger partial charge is 0.241 e. The molecule has 2 aromatic rings. The molecule has 28 heavy (non-hydrogen) atoms. The zero-order valence-electron chi connectivity index (χ0n) is 16.5. The fraction of sp³-hybridized carbons (Fsp3) is 0.476. The first-order valence-electron chi connectivity index (χ1n) is 9.80. The van der Waals surface area contributed by atoms with Crippen molar-refractivity contribution in [2.75, 3.05) is 23.9 Å². The highest BCUT2D eigenvalue weighted by Gasteiger charge is 2.42. The molecule has 7 nitrogen and oxygen atoms in total. The van der Waals surface area contributed by atoms with Gasteiger partial charge in [0.25, 0.3) is 0 Å². The molecule has 2 heterocycles. The summed E-state index contributed by atoms with van der Waals surface area (Å²) in [7, 11) is 1.58. The van der Waals surface area contributed by atoms with Crippen LogP contribution < -0.4 is 15.0 Å². The van der Waals surface area contributed by atoms with E-state index in [1.54, 1.807) is 30.5 Å². The van der Waals surface area contributed by atoms with Gasteiger partial charge in [0.2, 0.25) is 11.8 Å². The van der Waals surface area contributed by atoms with E-state index in [0.29, 0.717) is 30.3 Å². The fourth-order valence-electron chi connectivity index (χ4n) is 3.69. The van der Waals surface area contributed by atoms with Crippen molar-refractivity contribution < 1.29 is 14.3 Å². The molecule has 1 atom stereocenters. The topological polar surface area (TPSA) is 76.5 Å². The van der Waals surface area contributed by atoms with Gasteiger partial charge < -0.3 is 14.6 Å². The zero-order valence-corrected chi connectivity index (χ0v) is 16.5. The number of aromatic nitrogens is 2. The third kappa shape index (κ3) is 3.48. The van der Waals surface area contributed by atoms with E-state index in [1.807, 2.05) is 12.1 Å². The molecule has 1 saturated carbocycles. The number of fused-ring (bicyclic) bond motifs is 1. The number of rotatable bonds is 6. The van der Waals surface area contributed by atoms with E-state index in [-0.39, 0.29) is 17.9 Å². The van der Waals surface area contributed by atoms with Crippen LogP contribution in [0.1, 0.15) is 38.4 Å². The Labute approximate surface area is 164 Å². The van der Waals surface area contributed by atoms with Crippen molar-refractivity contribution in [3.63, 3.8) is 0 Å². The molecule has 1 aliphatic carbocycles. The Morgan fingerprint density at radius 2 is 2.14 bits per heavy atom. The second kappa shape index (κ2) is 7.30. The summed E-state index contributed by atoms with van der Waals surface area (Å²) in [6.07, 6.45) is 4.41. The number of imidazole rings is 1. The average molecular weight is 382 g/mol. The number of nitrogens with zero attached hydrogens (tertiary/aromatic N) is 3. The lowest BCUT2D eigenvalue weighted by atomic mass is 9.95. The predicted octanol–water partition coefficient (Wildman–Crippen LogP) is 3.03.